The fourth-order valence-electron chi connectivity index (χ4n) is 3.25. The third-order valence-corrected chi connectivity index (χ3v) is 5.13. The molecule has 2 aromatic heterocycles. The van der Waals surface area contributed by atoms with Gasteiger partial charge in [-0.1, -0.05) is 6.07 Å². The summed E-state index contributed by atoms with van der Waals surface area (Å²) in [6.07, 6.45) is 2.25. The van der Waals surface area contributed by atoms with Crippen molar-refractivity contribution in [1.82, 2.24) is 4.57 Å². The van der Waals surface area contributed by atoms with Crippen LogP contribution in [0, 0.1) is 0 Å². The van der Waals surface area contributed by atoms with Crippen LogP contribution in [0.1, 0.15) is 16.0 Å². The van der Waals surface area contributed by atoms with E-state index in [4.69, 9.17) is 0 Å². The molecular formula is C16H15NOS. The third-order valence-electron chi connectivity index (χ3n) is 4.15. The number of nitrogens with zero attached hydrogens (tertiary/aromatic N) is 1. The number of thiophene rings is 1. The van der Waals surface area contributed by atoms with Crippen molar-refractivity contribution in [2.24, 2.45) is 7.05 Å². The van der Waals surface area contributed by atoms with Gasteiger partial charge in [0, 0.05) is 28.4 Å². The zero-order valence-corrected chi connectivity index (χ0v) is 11.6. The minimum absolute atomic E-state index is 0.114. The first-order valence-electron chi connectivity index (χ1n) is 6.57. The first kappa shape index (κ1) is 11.3. The van der Waals surface area contributed by atoms with Gasteiger partial charge in [0.1, 0.15) is 0 Å². The summed E-state index contributed by atoms with van der Waals surface area (Å²) in [6.45, 7) is 0.114. The SMILES string of the molecule is Cn1c2c(c3cc(CO)ccc31)CCc1sccc1-2. The maximum Gasteiger partial charge on any atom is 0.0682 e. The Morgan fingerprint density at radius 1 is 1.26 bits per heavy atom. The number of fused-ring (bicyclic) bond motifs is 5. The first-order valence-corrected chi connectivity index (χ1v) is 7.45. The van der Waals surface area contributed by atoms with E-state index in [-0.39, 0.29) is 6.61 Å². The quantitative estimate of drug-likeness (QED) is 0.718. The minimum atomic E-state index is 0.114. The van der Waals surface area contributed by atoms with Crippen LogP contribution in [0.2, 0.25) is 0 Å². The van der Waals surface area contributed by atoms with Gasteiger partial charge in [-0.25, -0.2) is 0 Å². The van der Waals surface area contributed by atoms with E-state index < -0.39 is 0 Å². The van der Waals surface area contributed by atoms with E-state index in [1.54, 1.807) is 0 Å². The molecule has 3 aromatic rings. The number of benzene rings is 1. The Hall–Kier alpha value is -1.58. The summed E-state index contributed by atoms with van der Waals surface area (Å²) < 4.78 is 2.30. The van der Waals surface area contributed by atoms with E-state index in [1.807, 2.05) is 17.4 Å². The number of aliphatic hydroxyl groups is 1. The fourth-order valence-corrected chi connectivity index (χ4v) is 4.13. The lowest BCUT2D eigenvalue weighted by Crippen LogP contribution is -2.02. The Morgan fingerprint density at radius 2 is 2.16 bits per heavy atom. The zero-order chi connectivity index (χ0) is 13.0. The van der Waals surface area contributed by atoms with E-state index in [1.165, 1.54) is 32.6 Å². The maximum absolute atomic E-state index is 9.33. The number of aromatic nitrogens is 1. The van der Waals surface area contributed by atoms with Crippen LogP contribution in [-0.4, -0.2) is 9.67 Å². The highest BCUT2D eigenvalue weighted by atomic mass is 32.1. The number of rotatable bonds is 1. The van der Waals surface area contributed by atoms with Gasteiger partial charge in [-0.2, -0.15) is 0 Å². The van der Waals surface area contributed by atoms with Gasteiger partial charge in [-0.15, -0.1) is 11.3 Å². The van der Waals surface area contributed by atoms with Crippen LogP contribution < -0.4 is 0 Å². The molecule has 2 heterocycles. The van der Waals surface area contributed by atoms with Crippen molar-refractivity contribution in [2.75, 3.05) is 0 Å². The molecular weight excluding hydrogens is 254 g/mol. The second-order valence-corrected chi connectivity index (χ2v) is 6.15. The van der Waals surface area contributed by atoms with E-state index in [0.29, 0.717) is 0 Å². The fraction of sp³-hybridized carbons (Fsp3) is 0.250. The molecule has 1 aromatic carbocycles. The van der Waals surface area contributed by atoms with Crippen molar-refractivity contribution >= 4 is 22.2 Å². The van der Waals surface area contributed by atoms with Crippen LogP contribution in [0.15, 0.2) is 29.6 Å². The summed E-state index contributed by atoms with van der Waals surface area (Å²) in [4.78, 5) is 1.50. The molecule has 19 heavy (non-hydrogen) atoms. The highest BCUT2D eigenvalue weighted by molar-refractivity contribution is 7.10. The average Bonchev–Trinajstić information content (AvgIpc) is 3.02. The van der Waals surface area contributed by atoms with Gasteiger partial charge in [0.25, 0.3) is 0 Å². The predicted molar refractivity (Wildman–Crippen MR) is 79.6 cm³/mol. The maximum atomic E-state index is 9.33. The predicted octanol–water partition coefficient (Wildman–Crippen LogP) is 3.50. The van der Waals surface area contributed by atoms with Crippen molar-refractivity contribution in [2.45, 2.75) is 19.4 Å². The Labute approximate surface area is 115 Å². The Kier molecular flexibility index (Phi) is 2.34. The second kappa shape index (κ2) is 3.95. The molecule has 0 amide bonds. The second-order valence-electron chi connectivity index (χ2n) is 5.15. The molecule has 2 nitrogen and oxygen atoms in total. The van der Waals surface area contributed by atoms with E-state index in [0.717, 1.165) is 18.4 Å². The van der Waals surface area contributed by atoms with Gasteiger partial charge in [0.2, 0.25) is 0 Å². The molecule has 0 bridgehead atoms. The molecule has 0 saturated heterocycles. The van der Waals surface area contributed by atoms with Gasteiger partial charge in [-0.3, -0.25) is 0 Å². The summed E-state index contributed by atoms with van der Waals surface area (Å²) in [5, 5.41) is 12.8. The lowest BCUT2D eigenvalue weighted by molar-refractivity contribution is 0.282. The van der Waals surface area contributed by atoms with Crippen LogP contribution in [-0.2, 0) is 26.5 Å². The summed E-state index contributed by atoms with van der Waals surface area (Å²) in [7, 11) is 2.15. The van der Waals surface area contributed by atoms with Gasteiger partial charge < -0.3 is 9.67 Å². The van der Waals surface area contributed by atoms with E-state index >= 15 is 0 Å². The lowest BCUT2D eigenvalue weighted by atomic mass is 9.94. The van der Waals surface area contributed by atoms with Crippen molar-refractivity contribution in [3.63, 3.8) is 0 Å². The average molecular weight is 269 g/mol. The van der Waals surface area contributed by atoms with Crippen LogP contribution in [0.5, 0.6) is 0 Å². The summed E-state index contributed by atoms with van der Waals surface area (Å²) in [6, 6.07) is 8.53. The van der Waals surface area contributed by atoms with Gasteiger partial charge in [0.15, 0.2) is 0 Å². The summed E-state index contributed by atoms with van der Waals surface area (Å²) in [5.41, 5.74) is 6.47. The lowest BCUT2D eigenvalue weighted by Gasteiger charge is -2.14. The molecule has 0 unspecified atom stereocenters. The minimum Gasteiger partial charge on any atom is -0.392 e. The Balaban J connectivity index is 2.10. The molecule has 0 fully saturated rings. The van der Waals surface area contributed by atoms with Gasteiger partial charge in [-0.05, 0) is 47.5 Å². The highest BCUT2D eigenvalue weighted by Gasteiger charge is 2.23. The van der Waals surface area contributed by atoms with Crippen LogP contribution in [0.25, 0.3) is 22.2 Å². The van der Waals surface area contributed by atoms with Crippen molar-refractivity contribution < 1.29 is 5.11 Å². The molecule has 1 N–H and O–H groups in total. The van der Waals surface area contributed by atoms with Crippen LogP contribution in [0.4, 0.5) is 0 Å². The molecule has 1 aliphatic rings. The standard InChI is InChI=1S/C16H15NOS/c1-17-14-4-2-10(9-18)8-13(14)11-3-5-15-12(16(11)17)6-7-19-15/h2,4,6-8,18H,3,5,9H2,1H3. The van der Waals surface area contributed by atoms with E-state index in [2.05, 4.69) is 35.2 Å². The topological polar surface area (TPSA) is 25.2 Å². The highest BCUT2D eigenvalue weighted by Crippen LogP contribution is 2.41. The monoisotopic (exact) mass is 269 g/mol. The van der Waals surface area contributed by atoms with E-state index in [9.17, 15) is 5.11 Å². The van der Waals surface area contributed by atoms with Gasteiger partial charge >= 0.3 is 0 Å². The third kappa shape index (κ3) is 1.46. The Bertz CT molecular complexity index is 781. The molecule has 96 valence electrons. The summed E-state index contributed by atoms with van der Waals surface area (Å²) in [5.74, 6) is 0. The number of hydrogen-bond donors (Lipinski definition) is 1. The van der Waals surface area contributed by atoms with Crippen LogP contribution >= 0.6 is 11.3 Å². The van der Waals surface area contributed by atoms with Crippen molar-refractivity contribution in [3.05, 3.63) is 45.6 Å². The van der Waals surface area contributed by atoms with Gasteiger partial charge in [0.05, 0.1) is 12.3 Å². The first-order chi connectivity index (χ1) is 9.29. The molecule has 4 rings (SSSR count). The van der Waals surface area contributed by atoms with Crippen molar-refractivity contribution in [3.8, 4) is 11.3 Å². The molecule has 0 atom stereocenters. The zero-order valence-electron chi connectivity index (χ0n) is 10.8. The Morgan fingerprint density at radius 3 is 3.00 bits per heavy atom. The molecule has 0 saturated carbocycles. The molecule has 1 aliphatic carbocycles. The number of aliphatic hydroxyl groups excluding tert-OH is 1. The smallest absolute Gasteiger partial charge is 0.0682 e. The largest absolute Gasteiger partial charge is 0.392 e. The normalized spacial score (nSPS) is 13.6. The number of aryl methyl sites for hydroxylation is 3. The van der Waals surface area contributed by atoms with Crippen molar-refractivity contribution in [1.29, 1.82) is 0 Å². The molecule has 0 radical (unpaired) electrons. The summed E-state index contributed by atoms with van der Waals surface area (Å²) >= 11 is 1.86. The molecule has 3 heteroatoms. The molecule has 0 spiro atoms. The molecule has 0 aliphatic heterocycles. The van der Waals surface area contributed by atoms with Crippen LogP contribution in [0.3, 0.4) is 0 Å². The number of hydrogen-bond acceptors (Lipinski definition) is 2.